The predicted molar refractivity (Wildman–Crippen MR) is 140 cm³/mol. The third kappa shape index (κ3) is 4.76. The quantitative estimate of drug-likeness (QED) is 0.448. The largest absolute Gasteiger partial charge is 0.508 e. The topological polar surface area (TPSA) is 124 Å². The number of nitrogens with zero attached hydrogens (tertiary/aromatic N) is 5. The summed E-state index contributed by atoms with van der Waals surface area (Å²) in [5.41, 5.74) is 2.60. The van der Waals surface area contributed by atoms with Crippen LogP contribution in [0.3, 0.4) is 0 Å². The van der Waals surface area contributed by atoms with Crippen LogP contribution in [0.2, 0.25) is 0 Å². The van der Waals surface area contributed by atoms with E-state index >= 15 is 0 Å². The molecular weight excluding hydrogens is 544 g/mol. The van der Waals surface area contributed by atoms with Crippen molar-refractivity contribution in [1.82, 2.24) is 18.9 Å². The molecule has 0 radical (unpaired) electrons. The van der Waals surface area contributed by atoms with Gasteiger partial charge in [0, 0.05) is 31.3 Å². The number of rotatable bonds is 6. The molecule has 0 spiro atoms. The molecule has 2 N–H and O–H groups in total. The normalized spacial score (nSPS) is 17.4. The van der Waals surface area contributed by atoms with Gasteiger partial charge >= 0.3 is 0 Å². The molecule has 1 saturated heterocycles. The standard InChI is InChI=1S/C25H25BrN6O3S/c26-21-16-29-32-24(13-22(30-25(21)32)20-3-1-2-4-23(20)33)28-15-18-9-11-31(12-10-18)36(34,35)19-7-5-17(14-27)6-8-19/h2,4-8,13,16,18,28,33H,1,3,9-12,15H2. The van der Waals surface area contributed by atoms with E-state index in [1.54, 1.807) is 16.8 Å². The Morgan fingerprint density at radius 1 is 1.22 bits per heavy atom. The molecule has 186 valence electrons. The highest BCUT2D eigenvalue weighted by atomic mass is 79.9. The van der Waals surface area contributed by atoms with E-state index < -0.39 is 10.0 Å². The minimum atomic E-state index is -3.59. The summed E-state index contributed by atoms with van der Waals surface area (Å²) in [4.78, 5) is 4.92. The summed E-state index contributed by atoms with van der Waals surface area (Å²) >= 11 is 3.51. The van der Waals surface area contributed by atoms with E-state index in [-0.39, 0.29) is 16.6 Å². The van der Waals surface area contributed by atoms with Crippen LogP contribution >= 0.6 is 15.9 Å². The van der Waals surface area contributed by atoms with Gasteiger partial charge in [0.05, 0.1) is 32.9 Å². The fourth-order valence-electron chi connectivity index (χ4n) is 4.58. The van der Waals surface area contributed by atoms with Crippen molar-refractivity contribution < 1.29 is 13.5 Å². The number of hydrogen-bond acceptors (Lipinski definition) is 7. The molecule has 2 aliphatic rings. The summed E-state index contributed by atoms with van der Waals surface area (Å²) in [6.45, 7) is 1.53. The molecule has 9 nitrogen and oxygen atoms in total. The highest BCUT2D eigenvalue weighted by Crippen LogP contribution is 2.30. The van der Waals surface area contributed by atoms with Gasteiger partial charge in [-0.2, -0.15) is 19.2 Å². The second-order valence-electron chi connectivity index (χ2n) is 8.92. The molecule has 1 aliphatic carbocycles. The van der Waals surface area contributed by atoms with Crippen LogP contribution in [0, 0.1) is 17.2 Å². The third-order valence-corrected chi connectivity index (χ3v) is 9.12. The first kappa shape index (κ1) is 24.5. The van der Waals surface area contributed by atoms with Crippen LogP contribution in [0.15, 0.2) is 63.8 Å². The maximum Gasteiger partial charge on any atom is 0.243 e. The van der Waals surface area contributed by atoms with Crippen molar-refractivity contribution in [2.45, 2.75) is 30.6 Å². The summed E-state index contributed by atoms with van der Waals surface area (Å²) in [6, 6.07) is 9.95. The lowest BCUT2D eigenvalue weighted by atomic mass is 9.98. The molecule has 0 atom stereocenters. The highest BCUT2D eigenvalue weighted by molar-refractivity contribution is 9.10. The minimum Gasteiger partial charge on any atom is -0.508 e. The van der Waals surface area contributed by atoms with Gasteiger partial charge in [0.2, 0.25) is 10.0 Å². The SMILES string of the molecule is N#Cc1ccc(S(=O)(=O)N2CCC(CNc3cc(C4=C(O)C=CCC4)nc4c(Br)cnn34)CC2)cc1. The molecule has 1 aromatic carbocycles. The smallest absolute Gasteiger partial charge is 0.243 e. The number of aliphatic hydroxyl groups is 1. The Morgan fingerprint density at radius 3 is 2.67 bits per heavy atom. The van der Waals surface area contributed by atoms with Crippen LogP contribution in [0.5, 0.6) is 0 Å². The Bertz CT molecular complexity index is 1500. The zero-order chi connectivity index (χ0) is 25.3. The fourth-order valence-corrected chi connectivity index (χ4v) is 6.40. The molecule has 0 unspecified atom stereocenters. The number of allylic oxidation sites excluding steroid dienone is 3. The molecular formula is C25H25BrN6O3S. The molecule has 1 fully saturated rings. The van der Waals surface area contributed by atoms with Crippen molar-refractivity contribution in [3.63, 3.8) is 0 Å². The van der Waals surface area contributed by atoms with Crippen molar-refractivity contribution in [2.75, 3.05) is 25.0 Å². The van der Waals surface area contributed by atoms with Crippen molar-refractivity contribution in [3.8, 4) is 6.07 Å². The van der Waals surface area contributed by atoms with Crippen molar-refractivity contribution in [1.29, 1.82) is 5.26 Å². The Hall–Kier alpha value is -3.20. The monoisotopic (exact) mass is 568 g/mol. The van der Waals surface area contributed by atoms with Crippen LogP contribution in [-0.4, -0.2) is 52.1 Å². The molecule has 11 heteroatoms. The molecule has 36 heavy (non-hydrogen) atoms. The number of nitrogens with one attached hydrogen (secondary N) is 1. The number of nitriles is 1. The molecule has 2 aromatic heterocycles. The molecule has 0 bridgehead atoms. The summed E-state index contributed by atoms with van der Waals surface area (Å²) in [5.74, 6) is 1.28. The van der Waals surface area contributed by atoms with Gasteiger partial charge in [-0.15, -0.1) is 0 Å². The second-order valence-corrected chi connectivity index (χ2v) is 11.7. The van der Waals surface area contributed by atoms with Crippen molar-refractivity contribution >= 4 is 43.0 Å². The van der Waals surface area contributed by atoms with E-state index in [1.165, 1.54) is 28.6 Å². The van der Waals surface area contributed by atoms with Gasteiger partial charge in [-0.3, -0.25) is 0 Å². The van der Waals surface area contributed by atoms with E-state index in [1.807, 2.05) is 18.2 Å². The number of sulfonamides is 1. The zero-order valence-electron chi connectivity index (χ0n) is 19.4. The van der Waals surface area contributed by atoms with Gasteiger partial charge in [-0.25, -0.2) is 13.4 Å². The van der Waals surface area contributed by atoms with E-state index in [0.29, 0.717) is 43.0 Å². The first-order chi connectivity index (χ1) is 17.4. The van der Waals surface area contributed by atoms with Crippen LogP contribution in [-0.2, 0) is 10.0 Å². The van der Waals surface area contributed by atoms with Gasteiger partial charge in [0.1, 0.15) is 11.6 Å². The van der Waals surface area contributed by atoms with E-state index in [0.717, 1.165) is 35.1 Å². The Balaban J connectivity index is 1.28. The Morgan fingerprint density at radius 2 is 1.97 bits per heavy atom. The molecule has 0 saturated carbocycles. The third-order valence-electron chi connectivity index (χ3n) is 6.65. The fraction of sp³-hybridized carbons (Fsp3) is 0.320. The number of hydrogen-bond donors (Lipinski definition) is 2. The van der Waals surface area contributed by atoms with Gasteiger partial charge < -0.3 is 10.4 Å². The van der Waals surface area contributed by atoms with E-state index in [2.05, 4.69) is 26.3 Å². The average Bonchev–Trinajstić information content (AvgIpc) is 3.28. The van der Waals surface area contributed by atoms with Crippen molar-refractivity contribution in [3.05, 3.63) is 70.2 Å². The lowest BCUT2D eigenvalue weighted by molar-refractivity contribution is 0.282. The van der Waals surface area contributed by atoms with Gasteiger partial charge in [-0.1, -0.05) is 6.08 Å². The molecule has 5 rings (SSSR count). The second kappa shape index (κ2) is 10.0. The number of aromatic nitrogens is 3. The van der Waals surface area contributed by atoms with Crippen molar-refractivity contribution in [2.24, 2.45) is 5.92 Å². The number of benzene rings is 1. The highest BCUT2D eigenvalue weighted by Gasteiger charge is 2.29. The van der Waals surface area contributed by atoms with Crippen LogP contribution in [0.4, 0.5) is 5.82 Å². The first-order valence-electron chi connectivity index (χ1n) is 11.7. The van der Waals surface area contributed by atoms with Gasteiger partial charge in [0.15, 0.2) is 5.65 Å². The van der Waals surface area contributed by atoms with E-state index in [4.69, 9.17) is 10.2 Å². The molecule has 3 aromatic rings. The molecule has 0 amide bonds. The minimum absolute atomic E-state index is 0.212. The summed E-state index contributed by atoms with van der Waals surface area (Å²) < 4.78 is 30.0. The molecule has 3 heterocycles. The maximum absolute atomic E-state index is 13.0. The summed E-state index contributed by atoms with van der Waals surface area (Å²) in [7, 11) is -3.59. The number of fused-ring (bicyclic) bond motifs is 1. The average molecular weight is 569 g/mol. The zero-order valence-corrected chi connectivity index (χ0v) is 21.8. The first-order valence-corrected chi connectivity index (χ1v) is 14.0. The summed E-state index contributed by atoms with van der Waals surface area (Å²) in [6.07, 6.45) is 8.36. The predicted octanol–water partition coefficient (Wildman–Crippen LogP) is 4.50. The maximum atomic E-state index is 13.0. The number of piperidine rings is 1. The van der Waals surface area contributed by atoms with Crippen LogP contribution in [0.1, 0.15) is 36.9 Å². The lowest BCUT2D eigenvalue weighted by Crippen LogP contribution is -2.39. The van der Waals surface area contributed by atoms with Gasteiger partial charge in [-0.05, 0) is 77.9 Å². The number of aliphatic hydroxyl groups excluding tert-OH is 1. The number of halogens is 1. The number of anilines is 1. The Kier molecular flexibility index (Phi) is 6.83. The summed E-state index contributed by atoms with van der Waals surface area (Å²) in [5, 5.41) is 27.2. The lowest BCUT2D eigenvalue weighted by Gasteiger charge is -2.31. The van der Waals surface area contributed by atoms with Crippen LogP contribution < -0.4 is 5.32 Å². The van der Waals surface area contributed by atoms with Crippen LogP contribution in [0.25, 0.3) is 11.2 Å². The Labute approximate surface area is 217 Å². The van der Waals surface area contributed by atoms with Gasteiger partial charge in [0.25, 0.3) is 0 Å². The van der Waals surface area contributed by atoms with E-state index in [9.17, 15) is 13.5 Å². The molecule has 1 aliphatic heterocycles.